The Bertz CT molecular complexity index is 440. The topological polar surface area (TPSA) is 35.5 Å². The highest BCUT2D eigenvalue weighted by Gasteiger charge is 2.63. The molecule has 0 aliphatic heterocycles. The van der Waals surface area contributed by atoms with Crippen LogP contribution >= 0.6 is 0 Å². The lowest BCUT2D eigenvalue weighted by molar-refractivity contribution is -0.167. The van der Waals surface area contributed by atoms with Gasteiger partial charge in [0.2, 0.25) is 0 Å². The molecule has 0 aromatic carbocycles. The van der Waals surface area contributed by atoms with Crippen molar-refractivity contribution in [3.8, 4) is 0 Å². The van der Waals surface area contributed by atoms with E-state index >= 15 is 0 Å². The van der Waals surface area contributed by atoms with E-state index in [1.54, 1.807) is 0 Å². The second kappa shape index (κ2) is 6.51. The Hall–Kier alpha value is -0.353. The standard InChI is InChI=1S/C19H35O3Si/c1-7-21-16(20)18-12-9-8-10-14-19(18,15-11-13-18)22-23(5,6)17(2,3)4/h14H,7-13,15H2,1-6H3. The minimum Gasteiger partial charge on any atom is -0.465 e. The van der Waals surface area contributed by atoms with Crippen molar-refractivity contribution < 1.29 is 14.0 Å². The summed E-state index contributed by atoms with van der Waals surface area (Å²) in [6.07, 6.45) is 9.51. The Labute approximate surface area is 143 Å². The van der Waals surface area contributed by atoms with Crippen molar-refractivity contribution in [1.29, 1.82) is 0 Å². The molecule has 2 atom stereocenters. The summed E-state index contributed by atoms with van der Waals surface area (Å²) < 4.78 is 12.5. The van der Waals surface area contributed by atoms with Gasteiger partial charge in [-0.2, -0.15) is 0 Å². The van der Waals surface area contributed by atoms with Gasteiger partial charge in [0, 0.05) is 0 Å². The molecular weight excluding hydrogens is 304 g/mol. The lowest BCUT2D eigenvalue weighted by Crippen LogP contribution is -2.58. The third kappa shape index (κ3) is 3.26. The summed E-state index contributed by atoms with van der Waals surface area (Å²) in [5.74, 6) is -0.0191. The summed E-state index contributed by atoms with van der Waals surface area (Å²) in [4.78, 5) is 13.0. The predicted octanol–water partition coefficient (Wildman–Crippen LogP) is 5.26. The van der Waals surface area contributed by atoms with Gasteiger partial charge < -0.3 is 9.16 Å². The van der Waals surface area contributed by atoms with Crippen molar-refractivity contribution in [3.05, 3.63) is 6.42 Å². The quantitative estimate of drug-likeness (QED) is 0.518. The highest BCUT2D eigenvalue weighted by molar-refractivity contribution is 6.74. The summed E-state index contributed by atoms with van der Waals surface area (Å²) in [7, 11) is -1.96. The molecule has 2 saturated carbocycles. The Balaban J connectivity index is 2.42. The second-order valence-corrected chi connectivity index (χ2v) is 13.6. The van der Waals surface area contributed by atoms with Crippen molar-refractivity contribution in [2.45, 2.75) is 96.4 Å². The average molecular weight is 340 g/mol. The first-order valence-corrected chi connectivity index (χ1v) is 12.2. The Morgan fingerprint density at radius 3 is 2.39 bits per heavy atom. The van der Waals surface area contributed by atoms with E-state index in [1.807, 2.05) is 6.92 Å². The van der Waals surface area contributed by atoms with Crippen LogP contribution in [-0.2, 0) is 14.0 Å². The number of hydrogen-bond acceptors (Lipinski definition) is 3. The summed E-state index contributed by atoms with van der Waals surface area (Å²) in [6.45, 7) is 13.8. The molecule has 0 bridgehead atoms. The van der Waals surface area contributed by atoms with Gasteiger partial charge in [0.15, 0.2) is 8.32 Å². The fourth-order valence-electron chi connectivity index (χ4n) is 4.09. The van der Waals surface area contributed by atoms with E-state index in [0.29, 0.717) is 6.61 Å². The average Bonchev–Trinajstić information content (AvgIpc) is 2.67. The Morgan fingerprint density at radius 1 is 1.13 bits per heavy atom. The number of rotatable bonds is 4. The molecule has 0 saturated heterocycles. The molecule has 2 rings (SSSR count). The molecule has 2 fully saturated rings. The van der Waals surface area contributed by atoms with Crippen molar-refractivity contribution in [1.82, 2.24) is 0 Å². The highest BCUT2D eigenvalue weighted by atomic mass is 28.4. The van der Waals surface area contributed by atoms with E-state index in [4.69, 9.17) is 9.16 Å². The highest BCUT2D eigenvalue weighted by Crippen LogP contribution is 2.58. The number of fused-ring (bicyclic) bond motifs is 1. The van der Waals surface area contributed by atoms with E-state index in [-0.39, 0.29) is 11.0 Å². The van der Waals surface area contributed by atoms with Crippen molar-refractivity contribution >= 4 is 14.3 Å². The maximum atomic E-state index is 13.0. The Morgan fingerprint density at radius 2 is 1.78 bits per heavy atom. The summed E-state index contributed by atoms with van der Waals surface area (Å²) in [6, 6.07) is 0. The smallest absolute Gasteiger partial charge is 0.314 e. The minimum absolute atomic E-state index is 0.0191. The molecule has 4 heteroatoms. The molecule has 0 aromatic heterocycles. The first-order chi connectivity index (χ1) is 10.6. The van der Waals surface area contributed by atoms with Crippen molar-refractivity contribution in [2.24, 2.45) is 5.41 Å². The molecule has 23 heavy (non-hydrogen) atoms. The third-order valence-electron chi connectivity index (χ3n) is 6.40. The summed E-state index contributed by atoms with van der Waals surface area (Å²) in [5.41, 5.74) is -0.853. The molecule has 0 amide bonds. The van der Waals surface area contributed by atoms with Crippen LogP contribution in [0.25, 0.3) is 0 Å². The summed E-state index contributed by atoms with van der Waals surface area (Å²) in [5, 5.41) is 0.144. The first kappa shape index (κ1) is 19.0. The van der Waals surface area contributed by atoms with Crippen LogP contribution in [0.3, 0.4) is 0 Å². The molecule has 2 aliphatic carbocycles. The monoisotopic (exact) mass is 339 g/mol. The van der Waals surface area contributed by atoms with Gasteiger partial charge in [-0.1, -0.05) is 33.6 Å². The zero-order chi connectivity index (χ0) is 17.4. The number of carbonyl (C=O) groups is 1. The molecule has 0 N–H and O–H groups in total. The van der Waals surface area contributed by atoms with Crippen LogP contribution in [0.1, 0.15) is 72.6 Å². The third-order valence-corrected chi connectivity index (χ3v) is 10.9. The predicted molar refractivity (Wildman–Crippen MR) is 96.7 cm³/mol. The molecule has 0 aromatic rings. The van der Waals surface area contributed by atoms with Crippen LogP contribution in [0, 0.1) is 11.8 Å². The summed E-state index contributed by atoms with van der Waals surface area (Å²) >= 11 is 0. The molecule has 2 unspecified atom stereocenters. The minimum atomic E-state index is -1.96. The molecular formula is C19H35O3Si. The lowest BCUT2D eigenvalue weighted by Gasteiger charge is -2.50. The van der Waals surface area contributed by atoms with Crippen LogP contribution in [0.5, 0.6) is 0 Å². The molecule has 0 spiro atoms. The lowest BCUT2D eigenvalue weighted by atomic mass is 9.71. The number of carbonyl (C=O) groups excluding carboxylic acids is 1. The van der Waals surface area contributed by atoms with Crippen LogP contribution in [0.15, 0.2) is 0 Å². The SMILES string of the molecule is CCOC(=O)C12CCCC[CH]C1(O[Si](C)(C)C(C)(C)C)CCC2. The van der Waals surface area contributed by atoms with Crippen molar-refractivity contribution in [3.63, 3.8) is 0 Å². The van der Waals surface area contributed by atoms with E-state index < -0.39 is 19.3 Å². The van der Waals surface area contributed by atoms with E-state index in [2.05, 4.69) is 40.3 Å². The van der Waals surface area contributed by atoms with E-state index in [1.165, 1.54) is 0 Å². The molecule has 1 radical (unpaired) electrons. The van der Waals surface area contributed by atoms with Gasteiger partial charge in [-0.25, -0.2) is 0 Å². The maximum absolute atomic E-state index is 13.0. The van der Waals surface area contributed by atoms with Gasteiger partial charge >= 0.3 is 5.97 Å². The van der Waals surface area contributed by atoms with Crippen LogP contribution in [0.4, 0.5) is 0 Å². The normalized spacial score (nSPS) is 32.3. The largest absolute Gasteiger partial charge is 0.465 e. The van der Waals surface area contributed by atoms with E-state index in [0.717, 1.165) is 44.9 Å². The number of esters is 1. The van der Waals surface area contributed by atoms with Gasteiger partial charge in [-0.15, -0.1) is 0 Å². The Kier molecular flexibility index (Phi) is 5.37. The van der Waals surface area contributed by atoms with Crippen LogP contribution < -0.4 is 0 Å². The molecule has 2 aliphatic rings. The molecule has 3 nitrogen and oxygen atoms in total. The van der Waals surface area contributed by atoms with Gasteiger partial charge in [0.05, 0.1) is 17.6 Å². The second-order valence-electron chi connectivity index (χ2n) is 8.86. The first-order valence-electron chi connectivity index (χ1n) is 9.32. The van der Waals surface area contributed by atoms with Crippen LogP contribution in [-0.4, -0.2) is 26.5 Å². The fraction of sp³-hybridized carbons (Fsp3) is 0.895. The molecule has 133 valence electrons. The number of hydrogen-bond donors (Lipinski definition) is 0. The zero-order valence-corrected chi connectivity index (χ0v) is 17.0. The fourth-order valence-corrected chi connectivity index (χ4v) is 5.69. The van der Waals surface area contributed by atoms with Crippen LogP contribution in [0.2, 0.25) is 18.1 Å². The van der Waals surface area contributed by atoms with Crippen molar-refractivity contribution in [2.75, 3.05) is 6.61 Å². The maximum Gasteiger partial charge on any atom is 0.314 e. The van der Waals surface area contributed by atoms with E-state index in [9.17, 15) is 4.79 Å². The van der Waals surface area contributed by atoms with Gasteiger partial charge in [-0.3, -0.25) is 4.79 Å². The zero-order valence-electron chi connectivity index (χ0n) is 16.0. The van der Waals surface area contributed by atoms with Gasteiger partial charge in [0.25, 0.3) is 0 Å². The van der Waals surface area contributed by atoms with Gasteiger partial charge in [-0.05, 0) is 63.6 Å². The number of ether oxygens (including phenoxy) is 1. The van der Waals surface area contributed by atoms with Gasteiger partial charge in [0.1, 0.15) is 0 Å². The molecule has 0 heterocycles.